The van der Waals surface area contributed by atoms with Gasteiger partial charge in [0.2, 0.25) is 0 Å². The molecule has 4 rings (SSSR count). The van der Waals surface area contributed by atoms with Crippen LogP contribution in [0.4, 0.5) is 5.69 Å². The van der Waals surface area contributed by atoms with Crippen LogP contribution < -0.4 is 5.32 Å². The van der Waals surface area contributed by atoms with E-state index in [9.17, 15) is 0 Å². The maximum atomic E-state index is 4.29. The third-order valence-corrected chi connectivity index (χ3v) is 5.00. The number of thiophene rings is 1. The molecule has 2 aromatic heterocycles. The second-order valence-electron chi connectivity index (χ2n) is 5.39. The van der Waals surface area contributed by atoms with Crippen molar-refractivity contribution < 1.29 is 0 Å². The molecule has 1 atom stereocenters. The first-order chi connectivity index (χ1) is 10.4. The number of hydrogen-bond acceptors (Lipinski definition) is 3. The van der Waals surface area contributed by atoms with Crippen LogP contribution in [0.25, 0.3) is 5.69 Å². The van der Waals surface area contributed by atoms with Crippen LogP contribution in [0.2, 0.25) is 0 Å². The van der Waals surface area contributed by atoms with Gasteiger partial charge in [0.1, 0.15) is 0 Å². The molecule has 106 valence electrons. The van der Waals surface area contributed by atoms with Crippen molar-refractivity contribution in [2.45, 2.75) is 25.3 Å². The van der Waals surface area contributed by atoms with Gasteiger partial charge in [0.25, 0.3) is 0 Å². The summed E-state index contributed by atoms with van der Waals surface area (Å²) in [6.45, 7) is 0. The van der Waals surface area contributed by atoms with Gasteiger partial charge in [-0.3, -0.25) is 0 Å². The van der Waals surface area contributed by atoms with Crippen LogP contribution in [-0.4, -0.2) is 9.78 Å². The molecule has 0 saturated heterocycles. The van der Waals surface area contributed by atoms with Crippen LogP contribution in [0.1, 0.15) is 29.3 Å². The van der Waals surface area contributed by atoms with Crippen LogP contribution in [-0.2, 0) is 6.42 Å². The fraction of sp³-hybridized carbons (Fsp3) is 0.235. The topological polar surface area (TPSA) is 29.9 Å². The monoisotopic (exact) mass is 295 g/mol. The Morgan fingerprint density at radius 1 is 1.24 bits per heavy atom. The first kappa shape index (κ1) is 12.7. The van der Waals surface area contributed by atoms with Crippen molar-refractivity contribution >= 4 is 17.0 Å². The molecule has 21 heavy (non-hydrogen) atoms. The normalized spacial score (nSPS) is 17.4. The number of anilines is 1. The summed E-state index contributed by atoms with van der Waals surface area (Å²) >= 11 is 1.89. The lowest BCUT2D eigenvalue weighted by atomic mass is 9.94. The van der Waals surface area contributed by atoms with Crippen molar-refractivity contribution in [2.24, 2.45) is 0 Å². The van der Waals surface area contributed by atoms with Gasteiger partial charge in [0.05, 0.1) is 11.7 Å². The summed E-state index contributed by atoms with van der Waals surface area (Å²) in [7, 11) is 0. The average Bonchev–Trinajstić information content (AvgIpc) is 3.20. The minimum atomic E-state index is 0.438. The summed E-state index contributed by atoms with van der Waals surface area (Å²) in [6.07, 6.45) is 7.48. The van der Waals surface area contributed by atoms with E-state index in [0.29, 0.717) is 6.04 Å². The van der Waals surface area contributed by atoms with E-state index in [1.54, 1.807) is 11.1 Å². The quantitative estimate of drug-likeness (QED) is 0.775. The van der Waals surface area contributed by atoms with Gasteiger partial charge in [-0.25, -0.2) is 4.68 Å². The predicted octanol–water partition coefficient (Wildman–Crippen LogP) is 4.42. The lowest BCUT2D eigenvalue weighted by Gasteiger charge is -2.25. The second-order valence-corrected chi connectivity index (χ2v) is 6.39. The highest BCUT2D eigenvalue weighted by molar-refractivity contribution is 7.10. The molecule has 0 fully saturated rings. The van der Waals surface area contributed by atoms with Crippen molar-refractivity contribution in [3.63, 3.8) is 0 Å². The maximum Gasteiger partial charge on any atom is 0.0666 e. The SMILES string of the molecule is c1cc(NC2CCCc3sccc32)cc(-n2cccn2)c1. The maximum absolute atomic E-state index is 4.29. The number of nitrogens with zero attached hydrogens (tertiary/aromatic N) is 2. The van der Waals surface area contributed by atoms with E-state index in [-0.39, 0.29) is 0 Å². The Balaban J connectivity index is 1.60. The van der Waals surface area contributed by atoms with E-state index in [2.05, 4.69) is 46.1 Å². The van der Waals surface area contributed by atoms with Crippen molar-refractivity contribution in [3.05, 3.63) is 64.6 Å². The third-order valence-electron chi connectivity index (χ3n) is 4.01. The van der Waals surface area contributed by atoms with E-state index < -0.39 is 0 Å². The van der Waals surface area contributed by atoms with Crippen molar-refractivity contribution in [3.8, 4) is 5.69 Å². The highest BCUT2D eigenvalue weighted by Gasteiger charge is 2.20. The fourth-order valence-electron chi connectivity index (χ4n) is 3.00. The molecule has 3 aromatic rings. The molecule has 1 aromatic carbocycles. The minimum absolute atomic E-state index is 0.438. The Morgan fingerprint density at radius 2 is 2.24 bits per heavy atom. The molecule has 1 unspecified atom stereocenters. The lowest BCUT2D eigenvalue weighted by Crippen LogP contribution is -2.15. The highest BCUT2D eigenvalue weighted by atomic mass is 32.1. The third kappa shape index (κ3) is 2.47. The molecule has 0 saturated carbocycles. The van der Waals surface area contributed by atoms with Crippen LogP contribution in [0, 0.1) is 0 Å². The number of hydrogen-bond donors (Lipinski definition) is 1. The van der Waals surface area contributed by atoms with E-state index in [1.807, 2.05) is 28.3 Å². The first-order valence-electron chi connectivity index (χ1n) is 7.33. The Morgan fingerprint density at radius 3 is 3.14 bits per heavy atom. The largest absolute Gasteiger partial charge is 0.378 e. The van der Waals surface area contributed by atoms with E-state index in [0.717, 1.165) is 11.4 Å². The van der Waals surface area contributed by atoms with Crippen molar-refractivity contribution in [2.75, 3.05) is 5.32 Å². The number of aryl methyl sites for hydroxylation is 1. The number of aromatic nitrogens is 2. The van der Waals surface area contributed by atoms with E-state index >= 15 is 0 Å². The van der Waals surface area contributed by atoms with Gasteiger partial charge in [-0.05, 0) is 60.5 Å². The molecule has 0 amide bonds. The molecule has 1 aliphatic carbocycles. The van der Waals surface area contributed by atoms with Gasteiger partial charge in [-0.15, -0.1) is 11.3 Å². The van der Waals surface area contributed by atoms with Gasteiger partial charge < -0.3 is 5.32 Å². The number of fused-ring (bicyclic) bond motifs is 1. The van der Waals surface area contributed by atoms with Gasteiger partial charge in [-0.1, -0.05) is 6.07 Å². The minimum Gasteiger partial charge on any atom is -0.378 e. The molecule has 1 aliphatic rings. The van der Waals surface area contributed by atoms with Crippen LogP contribution >= 0.6 is 11.3 Å². The van der Waals surface area contributed by atoms with Gasteiger partial charge in [0, 0.05) is 23.0 Å². The lowest BCUT2D eigenvalue weighted by molar-refractivity contribution is 0.609. The number of benzene rings is 1. The first-order valence-corrected chi connectivity index (χ1v) is 8.21. The van der Waals surface area contributed by atoms with Gasteiger partial charge >= 0.3 is 0 Å². The molecule has 3 nitrogen and oxygen atoms in total. The highest BCUT2D eigenvalue weighted by Crippen LogP contribution is 2.35. The molecule has 1 N–H and O–H groups in total. The number of rotatable bonds is 3. The summed E-state index contributed by atoms with van der Waals surface area (Å²) in [6, 6.07) is 13.1. The van der Waals surface area contributed by atoms with Crippen LogP contribution in [0.5, 0.6) is 0 Å². The zero-order valence-corrected chi connectivity index (χ0v) is 12.5. The Bertz CT molecular complexity index is 730. The van der Waals surface area contributed by atoms with Crippen LogP contribution in [0.3, 0.4) is 0 Å². The molecular weight excluding hydrogens is 278 g/mol. The molecular formula is C17H17N3S. The fourth-order valence-corrected chi connectivity index (χ4v) is 3.98. The molecule has 0 radical (unpaired) electrons. The van der Waals surface area contributed by atoms with Gasteiger partial charge in [0.15, 0.2) is 0 Å². The van der Waals surface area contributed by atoms with Gasteiger partial charge in [-0.2, -0.15) is 5.10 Å². The standard InChI is InChI=1S/C17H17N3S/c1-4-13(12-14(5-1)20-10-3-9-18-20)19-16-6-2-7-17-15(16)8-11-21-17/h1,3-5,8-12,16,19H,2,6-7H2. The summed E-state index contributed by atoms with van der Waals surface area (Å²) in [4.78, 5) is 1.54. The smallest absolute Gasteiger partial charge is 0.0666 e. The second kappa shape index (κ2) is 5.37. The Labute approximate surface area is 128 Å². The van der Waals surface area contributed by atoms with Crippen LogP contribution in [0.15, 0.2) is 54.2 Å². The summed E-state index contributed by atoms with van der Waals surface area (Å²) in [5.74, 6) is 0. The summed E-state index contributed by atoms with van der Waals surface area (Å²) in [5.41, 5.74) is 3.73. The molecule has 0 aliphatic heterocycles. The summed E-state index contributed by atoms with van der Waals surface area (Å²) in [5, 5.41) is 10.2. The predicted molar refractivity (Wildman–Crippen MR) is 87.2 cm³/mol. The molecule has 0 spiro atoms. The number of nitrogens with one attached hydrogen (secondary N) is 1. The molecule has 0 bridgehead atoms. The van der Waals surface area contributed by atoms with E-state index in [4.69, 9.17) is 0 Å². The zero-order valence-electron chi connectivity index (χ0n) is 11.7. The Kier molecular flexibility index (Phi) is 3.24. The van der Waals surface area contributed by atoms with Crippen molar-refractivity contribution in [1.29, 1.82) is 0 Å². The summed E-state index contributed by atoms with van der Waals surface area (Å²) < 4.78 is 1.89. The average molecular weight is 295 g/mol. The van der Waals surface area contributed by atoms with Crippen molar-refractivity contribution in [1.82, 2.24) is 9.78 Å². The zero-order chi connectivity index (χ0) is 14.1. The Hall–Kier alpha value is -2.07. The molecule has 2 heterocycles. The van der Waals surface area contributed by atoms with E-state index in [1.165, 1.54) is 24.8 Å². The molecule has 4 heteroatoms.